The van der Waals surface area contributed by atoms with Crippen molar-refractivity contribution < 1.29 is 13.6 Å². The molecule has 198 valence electrons. The summed E-state index contributed by atoms with van der Waals surface area (Å²) in [6, 6.07) is 10.4. The molecule has 0 saturated carbocycles. The fourth-order valence-electron chi connectivity index (χ4n) is 5.08. The van der Waals surface area contributed by atoms with Crippen LogP contribution in [0.4, 0.5) is 8.78 Å². The summed E-state index contributed by atoms with van der Waals surface area (Å²) in [6.45, 7) is 12.8. The van der Waals surface area contributed by atoms with Crippen molar-refractivity contribution >= 4 is 16.7 Å². The minimum Gasteiger partial charge on any atom is -0.348 e. The summed E-state index contributed by atoms with van der Waals surface area (Å²) in [6.07, 6.45) is 0.662. The van der Waals surface area contributed by atoms with Gasteiger partial charge in [-0.3, -0.25) is 19.4 Å². The average molecular weight is 511 g/mol. The third-order valence-electron chi connectivity index (χ3n) is 7.07. The van der Waals surface area contributed by atoms with Crippen LogP contribution in [0, 0.1) is 11.6 Å². The molecule has 1 fully saturated rings. The van der Waals surface area contributed by atoms with Crippen molar-refractivity contribution in [3.05, 3.63) is 81.3 Å². The van der Waals surface area contributed by atoms with Gasteiger partial charge in [0.1, 0.15) is 11.6 Å². The Bertz CT molecular complexity index is 1340. The van der Waals surface area contributed by atoms with Crippen LogP contribution in [0.1, 0.15) is 55.7 Å². The highest BCUT2D eigenvalue weighted by atomic mass is 19.1. The Hall–Kier alpha value is -3.10. The van der Waals surface area contributed by atoms with Gasteiger partial charge in [-0.2, -0.15) is 0 Å². The Morgan fingerprint density at radius 3 is 2.38 bits per heavy atom. The molecule has 0 spiro atoms. The minimum atomic E-state index is -0.642. The smallest absolute Gasteiger partial charge is 0.261 e. The van der Waals surface area contributed by atoms with Gasteiger partial charge in [-0.25, -0.2) is 8.78 Å². The second-order valence-electron chi connectivity index (χ2n) is 10.7. The van der Waals surface area contributed by atoms with Crippen LogP contribution in [-0.2, 0) is 19.6 Å². The number of rotatable bonds is 7. The first-order valence-electron chi connectivity index (χ1n) is 12.9. The summed E-state index contributed by atoms with van der Waals surface area (Å²) in [5.74, 6) is -1.43. The van der Waals surface area contributed by atoms with E-state index in [0.717, 1.165) is 26.2 Å². The highest BCUT2D eigenvalue weighted by Gasteiger charge is 2.29. The molecular weight excluding hydrogens is 474 g/mol. The fourth-order valence-corrected chi connectivity index (χ4v) is 5.08. The van der Waals surface area contributed by atoms with Gasteiger partial charge >= 0.3 is 0 Å². The summed E-state index contributed by atoms with van der Waals surface area (Å²) < 4.78 is 30.2. The monoisotopic (exact) mass is 510 g/mol. The Balaban J connectivity index is 1.75. The van der Waals surface area contributed by atoms with E-state index in [4.69, 9.17) is 0 Å². The number of amides is 1. The number of carbonyl (C=O) groups is 1. The van der Waals surface area contributed by atoms with Crippen molar-refractivity contribution in [3.8, 4) is 0 Å². The van der Waals surface area contributed by atoms with Gasteiger partial charge in [0.15, 0.2) is 0 Å². The molecule has 1 N–H and O–H groups in total. The number of carbonyl (C=O) groups excluding carboxylic acids is 1. The highest BCUT2D eigenvalue weighted by Crippen LogP contribution is 2.25. The van der Waals surface area contributed by atoms with Gasteiger partial charge in [0.2, 0.25) is 0 Å². The number of hydrogen-bond acceptors (Lipinski definition) is 4. The normalized spacial score (nSPS) is 15.3. The van der Waals surface area contributed by atoms with E-state index in [2.05, 4.69) is 35.9 Å². The summed E-state index contributed by atoms with van der Waals surface area (Å²) in [5, 5.41) is 3.10. The molecule has 4 rings (SSSR count). The first kappa shape index (κ1) is 26.9. The number of piperazine rings is 1. The number of pyridine rings is 1. The number of nitrogens with one attached hydrogen (secondary N) is 1. The van der Waals surface area contributed by atoms with Gasteiger partial charge in [-0.15, -0.1) is 0 Å². The third-order valence-corrected chi connectivity index (χ3v) is 7.07. The van der Waals surface area contributed by atoms with Crippen molar-refractivity contribution in [2.45, 2.75) is 59.3 Å². The molecule has 2 heterocycles. The van der Waals surface area contributed by atoms with E-state index in [9.17, 15) is 18.4 Å². The molecule has 37 heavy (non-hydrogen) atoms. The molecule has 3 aromatic rings. The van der Waals surface area contributed by atoms with Crippen LogP contribution in [0.2, 0.25) is 0 Å². The maximum Gasteiger partial charge on any atom is 0.261 e. The van der Waals surface area contributed by atoms with Crippen LogP contribution < -0.4 is 10.9 Å². The van der Waals surface area contributed by atoms with Crippen LogP contribution >= 0.6 is 0 Å². The summed E-state index contributed by atoms with van der Waals surface area (Å²) in [5.41, 5.74) is 1.16. The molecule has 1 saturated heterocycles. The van der Waals surface area contributed by atoms with E-state index in [1.165, 1.54) is 24.3 Å². The highest BCUT2D eigenvalue weighted by molar-refractivity contribution is 6.07. The molecule has 0 aliphatic carbocycles. The topological polar surface area (TPSA) is 57.6 Å². The third kappa shape index (κ3) is 5.91. The lowest BCUT2D eigenvalue weighted by Gasteiger charge is -2.42. The fraction of sp³-hybridized carbons (Fsp3) is 0.448. The maximum absolute atomic E-state index is 14.9. The van der Waals surface area contributed by atoms with E-state index >= 15 is 0 Å². The van der Waals surface area contributed by atoms with Gasteiger partial charge in [0.25, 0.3) is 11.5 Å². The molecule has 0 atom stereocenters. The van der Waals surface area contributed by atoms with Gasteiger partial charge < -0.3 is 9.88 Å². The lowest BCUT2D eigenvalue weighted by molar-refractivity contribution is 0.0578. The van der Waals surface area contributed by atoms with Crippen molar-refractivity contribution in [1.82, 2.24) is 19.7 Å². The van der Waals surface area contributed by atoms with Crippen molar-refractivity contribution in [2.24, 2.45) is 0 Å². The van der Waals surface area contributed by atoms with E-state index in [-0.39, 0.29) is 23.3 Å². The molecule has 6 nitrogen and oxygen atoms in total. The van der Waals surface area contributed by atoms with Crippen LogP contribution in [0.5, 0.6) is 0 Å². The molecule has 1 aliphatic heterocycles. The molecule has 0 radical (unpaired) electrons. The standard InChI is InChI=1S/C29H36F2N4O2/c1-5-12-35-24(19-33-13-15-34(16-14-33)29(2,3)4)26(22-10-7-11-23(31)25(22)28(35)37)27(36)32-18-20-8-6-9-21(30)17-20/h6-11,17H,5,12-16,18-19H2,1-4H3,(H,32,36). The van der Waals surface area contributed by atoms with E-state index < -0.39 is 17.3 Å². The molecule has 0 bridgehead atoms. The Labute approximate surface area is 216 Å². The van der Waals surface area contributed by atoms with Crippen LogP contribution in [0.3, 0.4) is 0 Å². The number of nitrogens with zero attached hydrogens (tertiary/aromatic N) is 3. The van der Waals surface area contributed by atoms with E-state index in [1.807, 2.05) is 6.92 Å². The Morgan fingerprint density at radius 1 is 1.03 bits per heavy atom. The predicted molar refractivity (Wildman–Crippen MR) is 143 cm³/mol. The SMILES string of the molecule is CCCn1c(CN2CCN(C(C)(C)C)CC2)c(C(=O)NCc2cccc(F)c2)c2cccc(F)c2c1=O. The number of aromatic nitrogens is 1. The van der Waals surface area contributed by atoms with E-state index in [1.54, 1.807) is 22.8 Å². The molecule has 2 aromatic carbocycles. The minimum absolute atomic E-state index is 0.0683. The Kier molecular flexibility index (Phi) is 8.09. The predicted octanol–water partition coefficient (Wildman–Crippen LogP) is 4.54. The lowest BCUT2D eigenvalue weighted by atomic mass is 10.0. The summed E-state index contributed by atoms with van der Waals surface area (Å²) in [7, 11) is 0. The first-order chi connectivity index (χ1) is 17.6. The molecule has 1 aromatic heterocycles. The van der Waals surface area contributed by atoms with Gasteiger partial charge in [0, 0.05) is 62.4 Å². The second-order valence-corrected chi connectivity index (χ2v) is 10.7. The van der Waals surface area contributed by atoms with E-state index in [0.29, 0.717) is 41.7 Å². The number of hydrogen-bond donors (Lipinski definition) is 1. The van der Waals surface area contributed by atoms with Crippen molar-refractivity contribution in [2.75, 3.05) is 26.2 Å². The van der Waals surface area contributed by atoms with Gasteiger partial charge in [-0.05, 0) is 51.0 Å². The van der Waals surface area contributed by atoms with Crippen molar-refractivity contribution in [3.63, 3.8) is 0 Å². The van der Waals surface area contributed by atoms with Crippen LogP contribution in [0.15, 0.2) is 47.3 Å². The molecule has 1 aliphatic rings. The van der Waals surface area contributed by atoms with Gasteiger partial charge in [-0.1, -0.05) is 31.2 Å². The second kappa shape index (κ2) is 11.1. The quantitative estimate of drug-likeness (QED) is 0.507. The number of halogens is 2. The first-order valence-corrected chi connectivity index (χ1v) is 12.9. The molecule has 1 amide bonds. The van der Waals surface area contributed by atoms with Crippen LogP contribution in [0.25, 0.3) is 10.8 Å². The van der Waals surface area contributed by atoms with Crippen LogP contribution in [-0.4, -0.2) is 52.0 Å². The molecular formula is C29H36F2N4O2. The number of fused-ring (bicyclic) bond motifs is 1. The van der Waals surface area contributed by atoms with Gasteiger partial charge in [0.05, 0.1) is 10.9 Å². The molecule has 0 unspecified atom stereocenters. The molecule has 8 heteroatoms. The maximum atomic E-state index is 14.9. The summed E-state index contributed by atoms with van der Waals surface area (Å²) in [4.78, 5) is 31.8. The number of benzene rings is 2. The zero-order chi connectivity index (χ0) is 26.7. The van der Waals surface area contributed by atoms with Crippen molar-refractivity contribution in [1.29, 1.82) is 0 Å². The zero-order valence-corrected chi connectivity index (χ0v) is 22.1. The lowest BCUT2D eigenvalue weighted by Crippen LogP contribution is -2.53. The zero-order valence-electron chi connectivity index (χ0n) is 22.1. The largest absolute Gasteiger partial charge is 0.348 e. The average Bonchev–Trinajstić information content (AvgIpc) is 2.85. The summed E-state index contributed by atoms with van der Waals surface area (Å²) >= 11 is 0. The Morgan fingerprint density at radius 2 is 1.73 bits per heavy atom.